The molecule has 0 saturated carbocycles. The van der Waals surface area contributed by atoms with Gasteiger partial charge in [0.05, 0.1) is 6.61 Å². The number of rotatable bonds is 8. The van der Waals surface area contributed by atoms with E-state index in [1.807, 2.05) is 18.2 Å². The Kier molecular flexibility index (Phi) is 5.65. The van der Waals surface area contributed by atoms with Gasteiger partial charge in [-0.3, -0.25) is 0 Å². The van der Waals surface area contributed by atoms with Crippen molar-refractivity contribution in [2.75, 3.05) is 13.2 Å². The first-order chi connectivity index (χ1) is 10.2. The minimum atomic E-state index is -0.911. The van der Waals surface area contributed by atoms with Crippen molar-refractivity contribution in [3.63, 3.8) is 0 Å². The topological polar surface area (TPSA) is 93.3 Å². The maximum atomic E-state index is 9.39. The van der Waals surface area contributed by atoms with Gasteiger partial charge in [0, 0.05) is 0 Å². The molecule has 0 aliphatic heterocycles. The van der Waals surface area contributed by atoms with Gasteiger partial charge in [-0.25, -0.2) is 0 Å². The second-order valence-electron chi connectivity index (χ2n) is 4.81. The molecule has 1 atom stereocenters. The minimum absolute atomic E-state index is 0.0138. The standard InChI is InChI=1S/C14H20N4O3/c1-2-3-4-11-5-6-14(21-9-12(20)8-19)13(7-11)18-10-15-16-17-18/h5-7,10,12,19-20H,2-4,8-9H2,1H3. The predicted molar refractivity (Wildman–Crippen MR) is 76.4 cm³/mol. The van der Waals surface area contributed by atoms with Crippen molar-refractivity contribution < 1.29 is 14.9 Å². The highest BCUT2D eigenvalue weighted by molar-refractivity contribution is 5.48. The Morgan fingerprint density at radius 1 is 1.38 bits per heavy atom. The zero-order chi connectivity index (χ0) is 15.1. The molecule has 7 heteroatoms. The first-order valence-corrected chi connectivity index (χ1v) is 7.02. The fourth-order valence-corrected chi connectivity index (χ4v) is 1.91. The molecule has 0 radical (unpaired) electrons. The summed E-state index contributed by atoms with van der Waals surface area (Å²) < 4.78 is 7.07. The number of aryl methyl sites for hydroxylation is 1. The SMILES string of the molecule is CCCCc1ccc(OCC(O)CO)c(-n2cnnn2)c1. The van der Waals surface area contributed by atoms with Crippen LogP contribution < -0.4 is 4.74 Å². The maximum Gasteiger partial charge on any atom is 0.145 e. The van der Waals surface area contributed by atoms with Crippen molar-refractivity contribution in [2.45, 2.75) is 32.3 Å². The third-order valence-corrected chi connectivity index (χ3v) is 3.08. The molecule has 1 aromatic heterocycles. The van der Waals surface area contributed by atoms with Gasteiger partial charge in [-0.2, -0.15) is 4.68 Å². The third kappa shape index (κ3) is 4.24. The van der Waals surface area contributed by atoms with Gasteiger partial charge < -0.3 is 14.9 Å². The smallest absolute Gasteiger partial charge is 0.145 e. The zero-order valence-corrected chi connectivity index (χ0v) is 12.0. The molecule has 1 unspecified atom stereocenters. The summed E-state index contributed by atoms with van der Waals surface area (Å²) in [6, 6.07) is 5.81. The normalized spacial score (nSPS) is 12.3. The maximum absolute atomic E-state index is 9.39. The second kappa shape index (κ2) is 7.70. The Morgan fingerprint density at radius 3 is 2.90 bits per heavy atom. The highest BCUT2D eigenvalue weighted by Crippen LogP contribution is 2.24. The Bertz CT molecular complexity index is 545. The average molecular weight is 292 g/mol. The third-order valence-electron chi connectivity index (χ3n) is 3.08. The summed E-state index contributed by atoms with van der Waals surface area (Å²) in [4.78, 5) is 0. The van der Waals surface area contributed by atoms with Crippen LogP contribution >= 0.6 is 0 Å². The zero-order valence-electron chi connectivity index (χ0n) is 12.0. The first-order valence-electron chi connectivity index (χ1n) is 7.02. The van der Waals surface area contributed by atoms with E-state index in [2.05, 4.69) is 22.4 Å². The molecule has 0 aliphatic rings. The second-order valence-corrected chi connectivity index (χ2v) is 4.81. The molecule has 114 valence electrons. The molecule has 0 fully saturated rings. The Balaban J connectivity index is 2.22. The van der Waals surface area contributed by atoms with Gasteiger partial charge in [-0.15, -0.1) is 5.10 Å². The molecule has 0 aliphatic carbocycles. The number of nitrogens with zero attached hydrogens (tertiary/aromatic N) is 4. The number of unbranched alkanes of at least 4 members (excludes halogenated alkanes) is 1. The highest BCUT2D eigenvalue weighted by atomic mass is 16.5. The Morgan fingerprint density at radius 2 is 2.24 bits per heavy atom. The van der Waals surface area contributed by atoms with Crippen molar-refractivity contribution in [1.29, 1.82) is 0 Å². The predicted octanol–water partition coefficient (Wildman–Crippen LogP) is 0.737. The van der Waals surface area contributed by atoms with E-state index in [-0.39, 0.29) is 13.2 Å². The molecular formula is C14H20N4O3. The summed E-state index contributed by atoms with van der Waals surface area (Å²) in [6.45, 7) is 1.82. The lowest BCUT2D eigenvalue weighted by molar-refractivity contribution is 0.0535. The molecule has 0 saturated heterocycles. The van der Waals surface area contributed by atoms with Gasteiger partial charge in [-0.1, -0.05) is 19.4 Å². The minimum Gasteiger partial charge on any atom is -0.489 e. The van der Waals surface area contributed by atoms with Gasteiger partial charge in [-0.05, 0) is 41.0 Å². The number of benzene rings is 1. The molecule has 0 bridgehead atoms. The molecule has 2 rings (SSSR count). The first kappa shape index (κ1) is 15.4. The lowest BCUT2D eigenvalue weighted by atomic mass is 10.1. The van der Waals surface area contributed by atoms with E-state index in [9.17, 15) is 5.11 Å². The van der Waals surface area contributed by atoms with E-state index < -0.39 is 6.10 Å². The van der Waals surface area contributed by atoms with Gasteiger partial charge in [0.2, 0.25) is 0 Å². The largest absolute Gasteiger partial charge is 0.489 e. The van der Waals surface area contributed by atoms with Crippen LogP contribution in [0, 0.1) is 0 Å². The van der Waals surface area contributed by atoms with E-state index in [0.29, 0.717) is 5.75 Å². The van der Waals surface area contributed by atoms with Crippen LogP contribution in [0.4, 0.5) is 0 Å². The molecule has 1 aromatic carbocycles. The number of aliphatic hydroxyl groups is 2. The van der Waals surface area contributed by atoms with Crippen molar-refractivity contribution in [2.24, 2.45) is 0 Å². The van der Waals surface area contributed by atoms with Crippen LogP contribution in [0.15, 0.2) is 24.5 Å². The number of aliphatic hydroxyl groups excluding tert-OH is 2. The number of ether oxygens (including phenoxy) is 1. The van der Waals surface area contributed by atoms with Crippen molar-refractivity contribution in [3.8, 4) is 11.4 Å². The van der Waals surface area contributed by atoms with E-state index >= 15 is 0 Å². The fraction of sp³-hybridized carbons (Fsp3) is 0.500. The number of hydrogen-bond donors (Lipinski definition) is 2. The molecule has 7 nitrogen and oxygen atoms in total. The molecule has 2 aromatic rings. The Labute approximate surface area is 123 Å². The van der Waals surface area contributed by atoms with E-state index in [0.717, 1.165) is 24.9 Å². The van der Waals surface area contributed by atoms with Crippen LogP contribution in [0.2, 0.25) is 0 Å². The van der Waals surface area contributed by atoms with Crippen LogP contribution in [0.1, 0.15) is 25.3 Å². The van der Waals surface area contributed by atoms with Crippen molar-refractivity contribution in [3.05, 3.63) is 30.1 Å². The number of tetrazole rings is 1. The van der Waals surface area contributed by atoms with E-state index in [1.54, 1.807) is 0 Å². The molecule has 1 heterocycles. The Hall–Kier alpha value is -1.99. The van der Waals surface area contributed by atoms with Gasteiger partial charge in [0.1, 0.15) is 30.5 Å². The monoisotopic (exact) mass is 292 g/mol. The van der Waals surface area contributed by atoms with Crippen LogP contribution in [0.5, 0.6) is 5.75 Å². The van der Waals surface area contributed by atoms with Gasteiger partial charge in [0.25, 0.3) is 0 Å². The summed E-state index contributed by atoms with van der Waals surface area (Å²) in [5.41, 5.74) is 1.90. The lowest BCUT2D eigenvalue weighted by Crippen LogP contribution is -2.21. The van der Waals surface area contributed by atoms with Crippen molar-refractivity contribution in [1.82, 2.24) is 20.2 Å². The number of aromatic nitrogens is 4. The average Bonchev–Trinajstić information content (AvgIpc) is 3.05. The van der Waals surface area contributed by atoms with E-state index in [4.69, 9.17) is 9.84 Å². The fourth-order valence-electron chi connectivity index (χ4n) is 1.91. The molecule has 2 N–H and O–H groups in total. The van der Waals surface area contributed by atoms with Gasteiger partial charge in [0.15, 0.2) is 0 Å². The highest BCUT2D eigenvalue weighted by Gasteiger charge is 2.11. The van der Waals surface area contributed by atoms with Crippen molar-refractivity contribution >= 4 is 0 Å². The summed E-state index contributed by atoms with van der Waals surface area (Å²) in [5.74, 6) is 0.565. The molecule has 0 amide bonds. The van der Waals surface area contributed by atoms with Crippen LogP contribution in [-0.2, 0) is 6.42 Å². The van der Waals surface area contributed by atoms with Gasteiger partial charge >= 0.3 is 0 Å². The quantitative estimate of drug-likeness (QED) is 0.745. The van der Waals surface area contributed by atoms with Crippen LogP contribution in [0.25, 0.3) is 5.69 Å². The molecule has 21 heavy (non-hydrogen) atoms. The summed E-state index contributed by atoms with van der Waals surface area (Å²) in [7, 11) is 0. The lowest BCUT2D eigenvalue weighted by Gasteiger charge is -2.14. The summed E-state index contributed by atoms with van der Waals surface area (Å²) >= 11 is 0. The van der Waals surface area contributed by atoms with Crippen LogP contribution in [-0.4, -0.2) is 49.7 Å². The summed E-state index contributed by atoms with van der Waals surface area (Å²) in [5, 5.41) is 29.4. The molecular weight excluding hydrogens is 272 g/mol. The molecule has 0 spiro atoms. The van der Waals surface area contributed by atoms with Crippen LogP contribution in [0.3, 0.4) is 0 Å². The number of hydrogen-bond acceptors (Lipinski definition) is 6. The van der Waals surface area contributed by atoms with E-state index in [1.165, 1.54) is 16.6 Å². The summed E-state index contributed by atoms with van der Waals surface area (Å²) in [6.07, 6.45) is 3.80.